The summed E-state index contributed by atoms with van der Waals surface area (Å²) in [7, 11) is 0. The molecule has 4 nitrogen and oxygen atoms in total. The Morgan fingerprint density at radius 2 is 2.04 bits per heavy atom. The van der Waals surface area contributed by atoms with Crippen LogP contribution in [0.3, 0.4) is 0 Å². The average molecular weight is 341 g/mol. The number of fused-ring (bicyclic) bond motifs is 1. The molecule has 0 fully saturated rings. The molecule has 3 rings (SSSR count). The quantitative estimate of drug-likeness (QED) is 0.723. The second-order valence-corrected chi connectivity index (χ2v) is 6.78. The highest BCUT2D eigenvalue weighted by atomic mass is 32.2. The van der Waals surface area contributed by atoms with Gasteiger partial charge in [0.05, 0.1) is 11.4 Å². The maximum absolute atomic E-state index is 13.6. The smallest absolute Gasteiger partial charge is 0.237 e. The Bertz CT molecular complexity index is 895. The van der Waals surface area contributed by atoms with E-state index in [2.05, 4.69) is 15.5 Å². The van der Waals surface area contributed by atoms with Crippen molar-refractivity contribution in [1.82, 2.24) is 10.2 Å². The third-order valence-corrected chi connectivity index (χ3v) is 4.73. The number of halogens is 1. The number of amides is 1. The van der Waals surface area contributed by atoms with E-state index in [9.17, 15) is 9.18 Å². The molecule has 0 aliphatic heterocycles. The second-order valence-electron chi connectivity index (χ2n) is 5.45. The molecule has 0 aliphatic carbocycles. The fraction of sp³-hybridized carbons (Fsp3) is 0.167. The molecule has 0 aliphatic rings. The molecule has 0 bridgehead atoms. The number of nitrogens with one attached hydrogen (secondary N) is 1. The van der Waals surface area contributed by atoms with Gasteiger partial charge in [0.2, 0.25) is 5.91 Å². The zero-order chi connectivity index (χ0) is 17.1. The zero-order valence-electron chi connectivity index (χ0n) is 13.3. The zero-order valence-corrected chi connectivity index (χ0v) is 14.1. The second kappa shape index (κ2) is 6.97. The number of aryl methyl sites for hydroxylation is 1. The summed E-state index contributed by atoms with van der Waals surface area (Å²) >= 11 is 1.33. The van der Waals surface area contributed by atoms with Crippen molar-refractivity contribution in [3.8, 4) is 0 Å². The van der Waals surface area contributed by atoms with Crippen molar-refractivity contribution in [3.05, 3.63) is 60.0 Å². The maximum atomic E-state index is 13.6. The van der Waals surface area contributed by atoms with Crippen molar-refractivity contribution in [1.29, 1.82) is 0 Å². The van der Waals surface area contributed by atoms with Crippen molar-refractivity contribution < 1.29 is 9.18 Å². The van der Waals surface area contributed by atoms with Gasteiger partial charge in [-0.15, -0.1) is 5.10 Å². The van der Waals surface area contributed by atoms with E-state index < -0.39 is 5.25 Å². The molecule has 2 aromatic carbocycles. The van der Waals surface area contributed by atoms with Gasteiger partial charge in [0.25, 0.3) is 0 Å². The maximum Gasteiger partial charge on any atom is 0.237 e. The molecule has 122 valence electrons. The minimum Gasteiger partial charge on any atom is -0.325 e. The average Bonchev–Trinajstić information content (AvgIpc) is 2.58. The van der Waals surface area contributed by atoms with Crippen LogP contribution in [0.25, 0.3) is 10.8 Å². The summed E-state index contributed by atoms with van der Waals surface area (Å²) < 4.78 is 13.6. The van der Waals surface area contributed by atoms with E-state index in [1.165, 1.54) is 17.8 Å². The Kier molecular flexibility index (Phi) is 4.76. The fourth-order valence-corrected chi connectivity index (χ4v) is 3.13. The highest BCUT2D eigenvalue weighted by molar-refractivity contribution is 8.00. The molecule has 0 radical (unpaired) electrons. The van der Waals surface area contributed by atoms with Gasteiger partial charge in [-0.3, -0.25) is 4.79 Å². The predicted octanol–water partition coefficient (Wildman–Crippen LogP) is 4.20. The van der Waals surface area contributed by atoms with Crippen molar-refractivity contribution in [2.45, 2.75) is 24.1 Å². The van der Waals surface area contributed by atoms with Crippen LogP contribution in [0.2, 0.25) is 0 Å². The fourth-order valence-electron chi connectivity index (χ4n) is 2.22. The first kappa shape index (κ1) is 16.4. The van der Waals surface area contributed by atoms with Crippen LogP contribution >= 0.6 is 11.8 Å². The summed E-state index contributed by atoms with van der Waals surface area (Å²) in [6.45, 7) is 3.46. The van der Waals surface area contributed by atoms with E-state index in [4.69, 9.17) is 0 Å². The van der Waals surface area contributed by atoms with Gasteiger partial charge < -0.3 is 5.32 Å². The first-order valence-corrected chi connectivity index (χ1v) is 8.36. The summed E-state index contributed by atoms with van der Waals surface area (Å²) in [6.07, 6.45) is 1.69. The number of benzene rings is 2. The summed E-state index contributed by atoms with van der Waals surface area (Å²) in [6, 6.07) is 12.4. The third kappa shape index (κ3) is 3.54. The van der Waals surface area contributed by atoms with Crippen molar-refractivity contribution in [2.24, 2.45) is 0 Å². The molecule has 1 N–H and O–H groups in total. The molecular weight excluding hydrogens is 325 g/mol. The Hall–Kier alpha value is -2.47. The van der Waals surface area contributed by atoms with E-state index in [-0.39, 0.29) is 11.7 Å². The number of aromatic nitrogens is 2. The standard InChI is InChI=1S/C18H16FN3OS/c1-11-7-8-14(9-16(11)19)21-17(23)12(2)24-18-15-6-4-3-5-13(15)10-20-22-18/h3-10,12H,1-2H3,(H,21,23). The van der Waals surface area contributed by atoms with Crippen LogP contribution in [0.4, 0.5) is 10.1 Å². The molecule has 3 aromatic rings. The van der Waals surface area contributed by atoms with Gasteiger partial charge in [-0.05, 0) is 31.5 Å². The van der Waals surface area contributed by atoms with Crippen LogP contribution in [0.15, 0.2) is 53.7 Å². The van der Waals surface area contributed by atoms with Gasteiger partial charge >= 0.3 is 0 Å². The van der Waals surface area contributed by atoms with Crippen molar-refractivity contribution >= 4 is 34.1 Å². The lowest BCUT2D eigenvalue weighted by atomic mass is 10.2. The summed E-state index contributed by atoms with van der Waals surface area (Å²) in [5, 5.41) is 13.1. The summed E-state index contributed by atoms with van der Waals surface area (Å²) in [5.41, 5.74) is 0.987. The Labute approximate surface area is 143 Å². The normalized spacial score (nSPS) is 12.1. The number of hydrogen-bond acceptors (Lipinski definition) is 4. The molecule has 1 amide bonds. The molecule has 6 heteroatoms. The number of rotatable bonds is 4. The first-order valence-electron chi connectivity index (χ1n) is 7.48. The SMILES string of the molecule is Cc1ccc(NC(=O)C(C)Sc2nncc3ccccc23)cc1F. The minimum atomic E-state index is -0.394. The number of nitrogens with zero attached hydrogens (tertiary/aromatic N) is 2. The highest BCUT2D eigenvalue weighted by Gasteiger charge is 2.17. The Balaban J connectivity index is 1.75. The Morgan fingerprint density at radius 3 is 2.83 bits per heavy atom. The topological polar surface area (TPSA) is 54.9 Å². The lowest BCUT2D eigenvalue weighted by Crippen LogP contribution is -2.22. The van der Waals surface area contributed by atoms with Crippen LogP contribution < -0.4 is 5.32 Å². The number of thioether (sulfide) groups is 1. The van der Waals surface area contributed by atoms with Gasteiger partial charge in [-0.2, -0.15) is 5.10 Å². The lowest BCUT2D eigenvalue weighted by Gasteiger charge is -2.12. The lowest BCUT2D eigenvalue weighted by molar-refractivity contribution is -0.115. The molecule has 24 heavy (non-hydrogen) atoms. The largest absolute Gasteiger partial charge is 0.325 e. The number of carbonyl (C=O) groups is 1. The molecule has 1 atom stereocenters. The van der Waals surface area contributed by atoms with Crippen LogP contribution in [-0.4, -0.2) is 21.4 Å². The van der Waals surface area contributed by atoms with E-state index in [1.54, 1.807) is 32.2 Å². The van der Waals surface area contributed by atoms with Crippen LogP contribution in [0.5, 0.6) is 0 Å². The van der Waals surface area contributed by atoms with E-state index in [0.717, 1.165) is 10.8 Å². The third-order valence-electron chi connectivity index (χ3n) is 3.63. The van der Waals surface area contributed by atoms with Gasteiger partial charge in [-0.1, -0.05) is 42.1 Å². The molecule has 1 heterocycles. The number of hydrogen-bond donors (Lipinski definition) is 1. The van der Waals surface area contributed by atoms with E-state index in [1.807, 2.05) is 24.3 Å². The van der Waals surface area contributed by atoms with Gasteiger partial charge in [0.15, 0.2) is 0 Å². The van der Waals surface area contributed by atoms with Crippen molar-refractivity contribution in [3.63, 3.8) is 0 Å². The summed E-state index contributed by atoms with van der Waals surface area (Å²) in [5.74, 6) is -0.550. The predicted molar refractivity (Wildman–Crippen MR) is 94.6 cm³/mol. The Morgan fingerprint density at radius 1 is 1.25 bits per heavy atom. The molecular formula is C18H16FN3OS. The molecule has 1 aromatic heterocycles. The van der Waals surface area contributed by atoms with Crippen LogP contribution in [0.1, 0.15) is 12.5 Å². The van der Waals surface area contributed by atoms with Crippen molar-refractivity contribution in [2.75, 3.05) is 5.32 Å². The molecule has 0 saturated carbocycles. The van der Waals surface area contributed by atoms with Gasteiger partial charge in [-0.25, -0.2) is 4.39 Å². The van der Waals surface area contributed by atoms with Gasteiger partial charge in [0.1, 0.15) is 10.8 Å². The number of carbonyl (C=O) groups excluding carboxylic acids is 1. The highest BCUT2D eigenvalue weighted by Crippen LogP contribution is 2.28. The van der Waals surface area contributed by atoms with Gasteiger partial charge in [0, 0.05) is 16.5 Å². The minimum absolute atomic E-state index is 0.210. The number of anilines is 1. The molecule has 1 unspecified atom stereocenters. The monoisotopic (exact) mass is 341 g/mol. The van der Waals surface area contributed by atoms with Crippen LogP contribution in [0, 0.1) is 12.7 Å². The van der Waals surface area contributed by atoms with E-state index in [0.29, 0.717) is 16.3 Å². The first-order chi connectivity index (χ1) is 11.5. The van der Waals surface area contributed by atoms with E-state index >= 15 is 0 Å². The van der Waals surface area contributed by atoms with Crippen LogP contribution in [-0.2, 0) is 4.79 Å². The molecule has 0 saturated heterocycles. The summed E-state index contributed by atoms with van der Waals surface area (Å²) in [4.78, 5) is 12.3. The molecule has 0 spiro atoms.